The lowest BCUT2D eigenvalue weighted by molar-refractivity contribution is 0.102. The first-order valence-electron chi connectivity index (χ1n) is 8.14. The maximum absolute atomic E-state index is 12.5. The highest BCUT2D eigenvalue weighted by atomic mass is 32.2. The van der Waals surface area contributed by atoms with Crippen LogP contribution in [0.4, 0.5) is 5.69 Å². The van der Waals surface area contributed by atoms with Gasteiger partial charge in [0.2, 0.25) is 5.89 Å². The normalized spacial score (nSPS) is 10.8. The molecule has 0 saturated carbocycles. The number of nitrogens with zero attached hydrogens (tertiary/aromatic N) is 1. The van der Waals surface area contributed by atoms with Crippen molar-refractivity contribution in [1.82, 2.24) is 4.98 Å². The molecule has 0 aliphatic carbocycles. The second kappa shape index (κ2) is 7.06. The topological polar surface area (TPSA) is 55.1 Å². The standard InChI is InChI=1S/C21H16N2O2S/c1-26-17-9-5-6-14(13-17)20(24)22-16-8-4-7-15(12-16)21-23-18-10-2-3-11-19(18)25-21/h2-13H,1H3,(H,22,24). The zero-order valence-electron chi connectivity index (χ0n) is 14.1. The predicted octanol–water partition coefficient (Wildman–Crippen LogP) is 5.47. The van der Waals surface area contributed by atoms with E-state index in [0.29, 0.717) is 17.1 Å². The fourth-order valence-electron chi connectivity index (χ4n) is 2.69. The highest BCUT2D eigenvalue weighted by molar-refractivity contribution is 7.98. The molecule has 0 aliphatic heterocycles. The van der Waals surface area contributed by atoms with Crippen LogP contribution < -0.4 is 5.32 Å². The number of anilines is 1. The molecular weight excluding hydrogens is 344 g/mol. The number of carbonyl (C=O) groups excluding carboxylic acids is 1. The van der Waals surface area contributed by atoms with Gasteiger partial charge in [-0.3, -0.25) is 4.79 Å². The summed E-state index contributed by atoms with van der Waals surface area (Å²) in [4.78, 5) is 18.1. The van der Waals surface area contributed by atoms with Crippen LogP contribution in [-0.2, 0) is 0 Å². The van der Waals surface area contributed by atoms with Gasteiger partial charge in [0.1, 0.15) is 5.52 Å². The SMILES string of the molecule is CSc1cccc(C(=O)Nc2cccc(-c3nc4ccccc4o3)c2)c1. The van der Waals surface area contributed by atoms with Crippen molar-refractivity contribution in [2.45, 2.75) is 4.90 Å². The van der Waals surface area contributed by atoms with Crippen LogP contribution in [0.1, 0.15) is 10.4 Å². The van der Waals surface area contributed by atoms with Crippen LogP contribution in [0.2, 0.25) is 0 Å². The summed E-state index contributed by atoms with van der Waals surface area (Å²) in [6.07, 6.45) is 1.99. The number of hydrogen-bond acceptors (Lipinski definition) is 4. The second-order valence-electron chi connectivity index (χ2n) is 5.75. The smallest absolute Gasteiger partial charge is 0.255 e. The molecule has 0 atom stereocenters. The van der Waals surface area contributed by atoms with Crippen LogP contribution in [0.5, 0.6) is 0 Å². The minimum Gasteiger partial charge on any atom is -0.436 e. The summed E-state index contributed by atoms with van der Waals surface area (Å²) in [5.41, 5.74) is 3.70. The third-order valence-corrected chi connectivity index (χ3v) is 4.72. The number of para-hydroxylation sites is 2. The van der Waals surface area contributed by atoms with Gasteiger partial charge in [0.05, 0.1) is 0 Å². The van der Waals surface area contributed by atoms with Gasteiger partial charge in [0.25, 0.3) is 5.91 Å². The molecule has 0 unspecified atom stereocenters. The Hall–Kier alpha value is -3.05. The van der Waals surface area contributed by atoms with Crippen LogP contribution in [-0.4, -0.2) is 17.1 Å². The third kappa shape index (κ3) is 3.34. The number of thioether (sulfide) groups is 1. The fourth-order valence-corrected chi connectivity index (χ4v) is 3.15. The van der Waals surface area contributed by atoms with Gasteiger partial charge in [0.15, 0.2) is 5.58 Å². The van der Waals surface area contributed by atoms with Gasteiger partial charge in [-0.15, -0.1) is 11.8 Å². The Labute approximate surface area is 155 Å². The molecule has 0 bridgehead atoms. The summed E-state index contributed by atoms with van der Waals surface area (Å²) in [5.74, 6) is 0.391. The first-order chi connectivity index (χ1) is 12.7. The molecule has 1 heterocycles. The zero-order valence-corrected chi connectivity index (χ0v) is 14.9. The van der Waals surface area contributed by atoms with Gasteiger partial charge in [0, 0.05) is 21.7 Å². The summed E-state index contributed by atoms with van der Waals surface area (Å²) in [6, 6.07) is 22.7. The number of benzene rings is 3. The molecule has 0 fully saturated rings. The average molecular weight is 360 g/mol. The molecular formula is C21H16N2O2S. The predicted molar refractivity (Wildman–Crippen MR) is 106 cm³/mol. The van der Waals surface area contributed by atoms with Crippen molar-refractivity contribution in [2.24, 2.45) is 0 Å². The van der Waals surface area contributed by atoms with E-state index in [-0.39, 0.29) is 5.91 Å². The molecule has 5 heteroatoms. The quantitative estimate of drug-likeness (QED) is 0.490. The monoisotopic (exact) mass is 360 g/mol. The third-order valence-electron chi connectivity index (χ3n) is 3.99. The maximum atomic E-state index is 12.5. The van der Waals surface area contributed by atoms with Crippen molar-refractivity contribution in [3.8, 4) is 11.5 Å². The van der Waals surface area contributed by atoms with Crippen LogP contribution in [0, 0.1) is 0 Å². The van der Waals surface area contributed by atoms with Crippen molar-refractivity contribution in [3.05, 3.63) is 78.4 Å². The molecule has 26 heavy (non-hydrogen) atoms. The minimum absolute atomic E-state index is 0.143. The summed E-state index contributed by atoms with van der Waals surface area (Å²) in [7, 11) is 0. The Morgan fingerprint density at radius 1 is 1.00 bits per heavy atom. The van der Waals surface area contributed by atoms with Gasteiger partial charge in [-0.25, -0.2) is 4.98 Å². The summed E-state index contributed by atoms with van der Waals surface area (Å²) in [5, 5.41) is 2.94. The zero-order chi connectivity index (χ0) is 17.9. The van der Waals surface area contributed by atoms with E-state index in [9.17, 15) is 4.79 Å². The Balaban J connectivity index is 1.60. The lowest BCUT2D eigenvalue weighted by Gasteiger charge is -2.07. The first-order valence-corrected chi connectivity index (χ1v) is 9.37. The number of fused-ring (bicyclic) bond motifs is 1. The number of carbonyl (C=O) groups is 1. The number of rotatable bonds is 4. The molecule has 1 N–H and O–H groups in total. The highest BCUT2D eigenvalue weighted by Crippen LogP contribution is 2.26. The summed E-state index contributed by atoms with van der Waals surface area (Å²) >= 11 is 1.61. The van der Waals surface area contributed by atoms with E-state index in [0.717, 1.165) is 21.6 Å². The highest BCUT2D eigenvalue weighted by Gasteiger charge is 2.10. The molecule has 4 aromatic rings. The number of oxazole rings is 1. The minimum atomic E-state index is -0.143. The Bertz CT molecular complexity index is 1060. The lowest BCUT2D eigenvalue weighted by Crippen LogP contribution is -2.11. The van der Waals surface area contributed by atoms with E-state index < -0.39 is 0 Å². The van der Waals surface area contributed by atoms with E-state index in [1.165, 1.54) is 0 Å². The number of amides is 1. The van der Waals surface area contributed by atoms with Crippen LogP contribution in [0.15, 0.2) is 82.1 Å². The molecule has 0 radical (unpaired) electrons. The van der Waals surface area contributed by atoms with Crippen LogP contribution in [0.25, 0.3) is 22.6 Å². The molecule has 1 aromatic heterocycles. The second-order valence-corrected chi connectivity index (χ2v) is 6.63. The van der Waals surface area contributed by atoms with Gasteiger partial charge in [-0.2, -0.15) is 0 Å². The number of nitrogens with one attached hydrogen (secondary N) is 1. The first kappa shape index (κ1) is 16.4. The van der Waals surface area contributed by atoms with Crippen molar-refractivity contribution in [2.75, 3.05) is 11.6 Å². The van der Waals surface area contributed by atoms with Gasteiger partial charge in [-0.1, -0.05) is 24.3 Å². The molecule has 4 nitrogen and oxygen atoms in total. The van der Waals surface area contributed by atoms with Crippen molar-refractivity contribution in [1.29, 1.82) is 0 Å². The Kier molecular flexibility index (Phi) is 4.46. The van der Waals surface area contributed by atoms with Crippen molar-refractivity contribution < 1.29 is 9.21 Å². The number of aromatic nitrogens is 1. The molecule has 128 valence electrons. The molecule has 0 saturated heterocycles. The summed E-state index contributed by atoms with van der Waals surface area (Å²) in [6.45, 7) is 0. The molecule has 0 spiro atoms. The lowest BCUT2D eigenvalue weighted by atomic mass is 10.1. The number of hydrogen-bond donors (Lipinski definition) is 1. The Morgan fingerprint density at radius 3 is 2.69 bits per heavy atom. The van der Waals surface area contributed by atoms with Gasteiger partial charge < -0.3 is 9.73 Å². The van der Waals surface area contributed by atoms with E-state index >= 15 is 0 Å². The average Bonchev–Trinajstić information content (AvgIpc) is 3.12. The maximum Gasteiger partial charge on any atom is 0.255 e. The van der Waals surface area contributed by atoms with Gasteiger partial charge in [-0.05, 0) is 54.8 Å². The summed E-state index contributed by atoms with van der Waals surface area (Å²) < 4.78 is 5.80. The molecule has 3 aromatic carbocycles. The van der Waals surface area contributed by atoms with E-state index in [2.05, 4.69) is 10.3 Å². The Morgan fingerprint density at radius 2 is 1.85 bits per heavy atom. The fraction of sp³-hybridized carbons (Fsp3) is 0.0476. The molecule has 1 amide bonds. The van der Waals surface area contributed by atoms with E-state index in [4.69, 9.17) is 4.42 Å². The van der Waals surface area contributed by atoms with E-state index in [1.54, 1.807) is 17.8 Å². The van der Waals surface area contributed by atoms with Crippen molar-refractivity contribution in [3.63, 3.8) is 0 Å². The van der Waals surface area contributed by atoms with Gasteiger partial charge >= 0.3 is 0 Å². The molecule has 4 rings (SSSR count). The van der Waals surface area contributed by atoms with Crippen LogP contribution >= 0.6 is 11.8 Å². The molecule has 0 aliphatic rings. The van der Waals surface area contributed by atoms with Crippen molar-refractivity contribution >= 4 is 34.5 Å². The van der Waals surface area contributed by atoms with Crippen LogP contribution in [0.3, 0.4) is 0 Å². The van der Waals surface area contributed by atoms with E-state index in [1.807, 2.05) is 73.0 Å². The largest absolute Gasteiger partial charge is 0.436 e.